The zero-order valence-electron chi connectivity index (χ0n) is 10.2. The van der Waals surface area contributed by atoms with E-state index in [4.69, 9.17) is 16.7 Å². The molecule has 6 heteroatoms. The molecule has 0 spiro atoms. The Hall–Kier alpha value is -1.62. The van der Waals surface area contributed by atoms with Crippen LogP contribution in [0.4, 0.5) is 0 Å². The van der Waals surface area contributed by atoms with Crippen LogP contribution in [0, 0.1) is 0 Å². The van der Waals surface area contributed by atoms with Gasteiger partial charge in [0.1, 0.15) is 0 Å². The first-order valence-corrected chi connectivity index (χ1v) is 5.83. The van der Waals surface area contributed by atoms with Gasteiger partial charge in [-0.1, -0.05) is 11.6 Å². The van der Waals surface area contributed by atoms with Gasteiger partial charge in [-0.15, -0.1) is 0 Å². The fourth-order valence-electron chi connectivity index (χ4n) is 1.40. The number of hydrogen-bond acceptors (Lipinski definition) is 3. The van der Waals surface area contributed by atoms with E-state index in [1.165, 1.54) is 18.5 Å². The molecule has 1 amide bonds. The van der Waals surface area contributed by atoms with Crippen LogP contribution in [0.5, 0.6) is 0 Å². The van der Waals surface area contributed by atoms with Crippen molar-refractivity contribution in [3.8, 4) is 0 Å². The zero-order chi connectivity index (χ0) is 13.8. The summed E-state index contributed by atoms with van der Waals surface area (Å²) in [5.74, 6) is -1.25. The van der Waals surface area contributed by atoms with E-state index in [0.717, 1.165) is 0 Å². The Morgan fingerprint density at radius 3 is 2.72 bits per heavy atom. The number of hydrogen-bond donors (Lipinski definition) is 2. The van der Waals surface area contributed by atoms with Crippen molar-refractivity contribution >= 4 is 23.5 Å². The third-order valence-electron chi connectivity index (χ3n) is 2.43. The molecule has 1 rings (SSSR count). The van der Waals surface area contributed by atoms with Crippen molar-refractivity contribution in [1.82, 2.24) is 10.3 Å². The van der Waals surface area contributed by atoms with Crippen LogP contribution in [0.1, 0.15) is 37.0 Å². The lowest BCUT2D eigenvalue weighted by Crippen LogP contribution is -2.43. The Morgan fingerprint density at radius 1 is 1.50 bits per heavy atom. The fraction of sp³-hybridized carbons (Fsp3) is 0.417. The van der Waals surface area contributed by atoms with Crippen molar-refractivity contribution in [2.24, 2.45) is 0 Å². The number of amides is 1. The van der Waals surface area contributed by atoms with Crippen molar-refractivity contribution in [3.63, 3.8) is 0 Å². The molecular weight excluding hydrogens is 256 g/mol. The topological polar surface area (TPSA) is 79.3 Å². The number of carboxylic acids is 1. The highest BCUT2D eigenvalue weighted by atomic mass is 35.5. The van der Waals surface area contributed by atoms with Crippen LogP contribution in [-0.2, 0) is 4.79 Å². The smallest absolute Gasteiger partial charge is 0.303 e. The number of pyridine rings is 1. The summed E-state index contributed by atoms with van der Waals surface area (Å²) in [5.41, 5.74) is -0.336. The normalized spacial score (nSPS) is 11.1. The fourth-order valence-corrected chi connectivity index (χ4v) is 1.59. The molecule has 0 aliphatic carbocycles. The Bertz CT molecular complexity index is 460. The maximum Gasteiger partial charge on any atom is 0.303 e. The van der Waals surface area contributed by atoms with Gasteiger partial charge in [0, 0.05) is 24.4 Å². The van der Waals surface area contributed by atoms with Gasteiger partial charge >= 0.3 is 5.97 Å². The second-order valence-corrected chi connectivity index (χ2v) is 4.99. The summed E-state index contributed by atoms with van der Waals surface area (Å²) in [4.78, 5) is 26.3. The molecule has 1 aromatic heterocycles. The predicted octanol–water partition coefficient (Wildman–Crippen LogP) is 2.11. The molecule has 1 heterocycles. The molecule has 0 atom stereocenters. The number of aromatic nitrogens is 1. The first-order chi connectivity index (χ1) is 8.32. The average molecular weight is 271 g/mol. The van der Waals surface area contributed by atoms with Crippen LogP contribution < -0.4 is 5.32 Å². The van der Waals surface area contributed by atoms with E-state index < -0.39 is 11.5 Å². The van der Waals surface area contributed by atoms with Crippen LogP contribution >= 0.6 is 11.6 Å². The molecule has 18 heavy (non-hydrogen) atoms. The zero-order valence-corrected chi connectivity index (χ0v) is 11.0. The largest absolute Gasteiger partial charge is 0.481 e. The van der Waals surface area contributed by atoms with Gasteiger partial charge in [-0.25, -0.2) is 0 Å². The Kier molecular flexibility index (Phi) is 4.67. The third kappa shape index (κ3) is 4.33. The number of aliphatic carboxylic acids is 1. The number of halogens is 1. The lowest BCUT2D eigenvalue weighted by molar-refractivity contribution is -0.137. The SMILES string of the molecule is CC(C)(CCC(=O)O)NC(=O)c1cnccc1Cl. The number of carboxylic acid groups (broad SMARTS) is 1. The summed E-state index contributed by atoms with van der Waals surface area (Å²) < 4.78 is 0. The number of carbonyl (C=O) groups excluding carboxylic acids is 1. The first kappa shape index (κ1) is 14.4. The molecule has 1 aromatic rings. The summed E-state index contributed by atoms with van der Waals surface area (Å²) in [6.45, 7) is 3.52. The van der Waals surface area contributed by atoms with Crippen molar-refractivity contribution < 1.29 is 14.7 Å². The molecule has 0 saturated heterocycles. The van der Waals surface area contributed by atoms with E-state index in [9.17, 15) is 9.59 Å². The second kappa shape index (κ2) is 5.82. The molecule has 0 aromatic carbocycles. The molecule has 0 unspecified atom stereocenters. The highest BCUT2D eigenvalue weighted by molar-refractivity contribution is 6.33. The Morgan fingerprint density at radius 2 is 2.17 bits per heavy atom. The maximum atomic E-state index is 11.9. The van der Waals surface area contributed by atoms with E-state index in [1.807, 2.05) is 0 Å². The molecule has 0 radical (unpaired) electrons. The molecule has 2 N–H and O–H groups in total. The van der Waals surface area contributed by atoms with Gasteiger partial charge in [0.05, 0.1) is 10.6 Å². The first-order valence-electron chi connectivity index (χ1n) is 5.46. The van der Waals surface area contributed by atoms with Crippen LogP contribution in [-0.4, -0.2) is 27.5 Å². The van der Waals surface area contributed by atoms with Gasteiger partial charge < -0.3 is 10.4 Å². The molecule has 0 saturated carbocycles. The minimum atomic E-state index is -0.892. The van der Waals surface area contributed by atoms with Crippen LogP contribution in [0.15, 0.2) is 18.5 Å². The minimum absolute atomic E-state index is 0.00590. The van der Waals surface area contributed by atoms with Crippen molar-refractivity contribution in [2.45, 2.75) is 32.2 Å². The van der Waals surface area contributed by atoms with Crippen molar-refractivity contribution in [2.75, 3.05) is 0 Å². The highest BCUT2D eigenvalue weighted by Crippen LogP contribution is 2.16. The standard InChI is InChI=1S/C12H15ClN2O3/c1-12(2,5-3-10(16)17)15-11(18)8-7-14-6-4-9(8)13/h4,6-7H,3,5H2,1-2H3,(H,15,18)(H,16,17). The number of carbonyl (C=O) groups is 2. The number of nitrogens with one attached hydrogen (secondary N) is 1. The predicted molar refractivity (Wildman–Crippen MR) is 67.7 cm³/mol. The molecule has 0 aliphatic rings. The number of rotatable bonds is 5. The summed E-state index contributed by atoms with van der Waals surface area (Å²) in [5, 5.41) is 11.7. The monoisotopic (exact) mass is 270 g/mol. The summed E-state index contributed by atoms with van der Waals surface area (Å²) in [7, 11) is 0. The van der Waals surface area contributed by atoms with Crippen LogP contribution in [0.25, 0.3) is 0 Å². The van der Waals surface area contributed by atoms with Gasteiger partial charge in [-0.3, -0.25) is 14.6 Å². The van der Waals surface area contributed by atoms with Crippen molar-refractivity contribution in [1.29, 1.82) is 0 Å². The molecule has 98 valence electrons. The molecule has 0 fully saturated rings. The van der Waals surface area contributed by atoms with Crippen molar-refractivity contribution in [3.05, 3.63) is 29.0 Å². The van der Waals surface area contributed by atoms with E-state index >= 15 is 0 Å². The van der Waals surface area contributed by atoms with Gasteiger partial charge in [0.2, 0.25) is 0 Å². The van der Waals surface area contributed by atoms with E-state index in [0.29, 0.717) is 11.4 Å². The Labute approximate surface area is 110 Å². The number of nitrogens with zero attached hydrogens (tertiary/aromatic N) is 1. The second-order valence-electron chi connectivity index (χ2n) is 4.59. The summed E-state index contributed by atoms with van der Waals surface area (Å²) in [6, 6.07) is 1.53. The molecular formula is C12H15ClN2O3. The lowest BCUT2D eigenvalue weighted by atomic mass is 9.98. The van der Waals surface area contributed by atoms with Gasteiger partial charge in [0.25, 0.3) is 5.91 Å². The molecule has 5 nitrogen and oxygen atoms in total. The molecule has 0 aliphatic heterocycles. The van der Waals surface area contributed by atoms with E-state index in [-0.39, 0.29) is 17.9 Å². The highest BCUT2D eigenvalue weighted by Gasteiger charge is 2.23. The van der Waals surface area contributed by atoms with E-state index in [2.05, 4.69) is 10.3 Å². The molecule has 0 bridgehead atoms. The van der Waals surface area contributed by atoms with Gasteiger partial charge in [-0.2, -0.15) is 0 Å². The third-order valence-corrected chi connectivity index (χ3v) is 2.76. The van der Waals surface area contributed by atoms with Gasteiger partial charge in [0.15, 0.2) is 0 Å². The van der Waals surface area contributed by atoms with Crippen LogP contribution in [0.3, 0.4) is 0 Å². The summed E-state index contributed by atoms with van der Waals surface area (Å²) >= 11 is 5.88. The average Bonchev–Trinajstić information content (AvgIpc) is 2.26. The minimum Gasteiger partial charge on any atom is -0.481 e. The Balaban J connectivity index is 2.69. The quantitative estimate of drug-likeness (QED) is 0.859. The summed E-state index contributed by atoms with van der Waals surface area (Å²) in [6.07, 6.45) is 3.21. The lowest BCUT2D eigenvalue weighted by Gasteiger charge is -2.25. The van der Waals surface area contributed by atoms with Gasteiger partial charge in [-0.05, 0) is 26.3 Å². The van der Waals surface area contributed by atoms with E-state index in [1.54, 1.807) is 13.8 Å². The maximum absolute atomic E-state index is 11.9. The van der Waals surface area contributed by atoms with Crippen LogP contribution in [0.2, 0.25) is 5.02 Å².